The van der Waals surface area contributed by atoms with Crippen molar-refractivity contribution in [3.8, 4) is 0 Å². The molecule has 0 bridgehead atoms. The SMILES string of the molecule is CC1CC(C(=O)O)CCN1S(=O)(=O)NC1CC1. The van der Waals surface area contributed by atoms with Gasteiger partial charge in [0.15, 0.2) is 0 Å². The smallest absolute Gasteiger partial charge is 0.306 e. The van der Waals surface area contributed by atoms with Gasteiger partial charge in [-0.3, -0.25) is 4.79 Å². The average Bonchev–Trinajstić information content (AvgIpc) is 3.00. The zero-order valence-corrected chi connectivity index (χ0v) is 10.6. The van der Waals surface area contributed by atoms with Gasteiger partial charge in [-0.15, -0.1) is 0 Å². The first kappa shape index (κ1) is 12.8. The zero-order chi connectivity index (χ0) is 12.6. The van der Waals surface area contributed by atoms with Crippen LogP contribution in [-0.2, 0) is 15.0 Å². The van der Waals surface area contributed by atoms with Crippen molar-refractivity contribution in [1.29, 1.82) is 0 Å². The Bertz CT molecular complexity index is 405. The summed E-state index contributed by atoms with van der Waals surface area (Å²) in [6, 6.07) is -0.162. The van der Waals surface area contributed by atoms with Gasteiger partial charge in [-0.2, -0.15) is 17.4 Å². The summed E-state index contributed by atoms with van der Waals surface area (Å²) >= 11 is 0. The van der Waals surface area contributed by atoms with E-state index in [2.05, 4.69) is 4.72 Å². The van der Waals surface area contributed by atoms with Crippen LogP contribution in [0.5, 0.6) is 0 Å². The predicted molar refractivity (Wildman–Crippen MR) is 61.6 cm³/mol. The van der Waals surface area contributed by atoms with Crippen LogP contribution < -0.4 is 4.72 Å². The fourth-order valence-electron chi connectivity index (χ4n) is 2.21. The lowest BCUT2D eigenvalue weighted by Gasteiger charge is -2.35. The van der Waals surface area contributed by atoms with Crippen LogP contribution in [0.3, 0.4) is 0 Å². The molecule has 2 atom stereocenters. The molecule has 0 aromatic carbocycles. The second kappa shape index (κ2) is 4.55. The highest BCUT2D eigenvalue weighted by atomic mass is 32.2. The van der Waals surface area contributed by atoms with Gasteiger partial charge < -0.3 is 5.11 Å². The number of hydrogen-bond acceptors (Lipinski definition) is 3. The maximum Gasteiger partial charge on any atom is 0.306 e. The molecule has 17 heavy (non-hydrogen) atoms. The van der Waals surface area contributed by atoms with E-state index in [0.717, 1.165) is 12.8 Å². The molecule has 0 aromatic heterocycles. The summed E-state index contributed by atoms with van der Waals surface area (Å²) in [7, 11) is -3.43. The summed E-state index contributed by atoms with van der Waals surface area (Å²) in [6.45, 7) is 2.06. The van der Waals surface area contributed by atoms with E-state index in [0.29, 0.717) is 19.4 Å². The van der Waals surface area contributed by atoms with Crippen molar-refractivity contribution in [3.05, 3.63) is 0 Å². The Labute approximate surface area is 101 Å². The van der Waals surface area contributed by atoms with Crippen LogP contribution in [0, 0.1) is 5.92 Å². The highest BCUT2D eigenvalue weighted by Gasteiger charge is 2.38. The fraction of sp³-hybridized carbons (Fsp3) is 0.900. The molecule has 0 amide bonds. The molecule has 2 fully saturated rings. The lowest BCUT2D eigenvalue weighted by Crippen LogP contribution is -2.50. The topological polar surface area (TPSA) is 86.7 Å². The minimum atomic E-state index is -3.43. The standard InChI is InChI=1S/C10H18N2O4S/c1-7-6-8(10(13)14)4-5-12(7)17(15,16)11-9-2-3-9/h7-9,11H,2-6H2,1H3,(H,13,14). The van der Waals surface area contributed by atoms with Crippen molar-refractivity contribution in [2.24, 2.45) is 5.92 Å². The summed E-state index contributed by atoms with van der Waals surface area (Å²) in [5.41, 5.74) is 0. The van der Waals surface area contributed by atoms with Gasteiger partial charge in [-0.05, 0) is 32.6 Å². The van der Waals surface area contributed by atoms with E-state index in [-0.39, 0.29) is 12.1 Å². The van der Waals surface area contributed by atoms with Gasteiger partial charge >= 0.3 is 5.97 Å². The lowest BCUT2D eigenvalue weighted by atomic mass is 9.93. The van der Waals surface area contributed by atoms with Crippen molar-refractivity contribution in [1.82, 2.24) is 9.03 Å². The van der Waals surface area contributed by atoms with Crippen molar-refractivity contribution in [2.45, 2.75) is 44.7 Å². The van der Waals surface area contributed by atoms with Crippen LogP contribution in [-0.4, -0.2) is 42.4 Å². The molecule has 0 aromatic rings. The quantitative estimate of drug-likeness (QED) is 0.756. The minimum absolute atomic E-state index is 0.0874. The third-order valence-electron chi connectivity index (χ3n) is 3.37. The van der Waals surface area contributed by atoms with Crippen LogP contribution in [0.15, 0.2) is 0 Å². The van der Waals surface area contributed by atoms with Crippen LogP contribution >= 0.6 is 0 Å². The molecule has 2 N–H and O–H groups in total. The van der Waals surface area contributed by atoms with Crippen LogP contribution in [0.4, 0.5) is 0 Å². The fourth-order valence-corrected chi connectivity index (χ4v) is 3.91. The van der Waals surface area contributed by atoms with Crippen molar-refractivity contribution >= 4 is 16.2 Å². The summed E-state index contributed by atoms with van der Waals surface area (Å²) < 4.78 is 28.0. The molecule has 1 aliphatic carbocycles. The molecule has 2 aliphatic rings. The zero-order valence-electron chi connectivity index (χ0n) is 9.80. The molecule has 98 valence electrons. The molecule has 1 saturated carbocycles. The maximum atomic E-state index is 12.0. The van der Waals surface area contributed by atoms with Gasteiger partial charge in [0.25, 0.3) is 10.2 Å². The Balaban J connectivity index is 2.00. The average molecular weight is 262 g/mol. The number of carboxylic acid groups (broad SMARTS) is 1. The number of piperidine rings is 1. The van der Waals surface area contributed by atoms with E-state index in [9.17, 15) is 13.2 Å². The normalized spacial score (nSPS) is 31.4. The second-order valence-electron chi connectivity index (χ2n) is 4.92. The Hall–Kier alpha value is -0.660. The largest absolute Gasteiger partial charge is 0.481 e. The molecular weight excluding hydrogens is 244 g/mol. The molecular formula is C10H18N2O4S. The van der Waals surface area contributed by atoms with Gasteiger partial charge in [0.1, 0.15) is 0 Å². The summed E-state index contributed by atoms with van der Waals surface area (Å²) in [4.78, 5) is 10.9. The van der Waals surface area contributed by atoms with Crippen LogP contribution in [0.1, 0.15) is 32.6 Å². The predicted octanol–water partition coefficient (Wildman–Crippen LogP) is 0.168. The van der Waals surface area contributed by atoms with E-state index in [4.69, 9.17) is 5.11 Å². The molecule has 1 saturated heterocycles. The highest BCUT2D eigenvalue weighted by Crippen LogP contribution is 2.27. The molecule has 2 rings (SSSR count). The minimum Gasteiger partial charge on any atom is -0.481 e. The van der Waals surface area contributed by atoms with E-state index < -0.39 is 22.1 Å². The number of rotatable bonds is 4. The first-order valence-electron chi connectivity index (χ1n) is 5.92. The monoisotopic (exact) mass is 262 g/mol. The number of nitrogens with one attached hydrogen (secondary N) is 1. The molecule has 2 unspecified atom stereocenters. The number of carboxylic acids is 1. The van der Waals surface area contributed by atoms with Crippen molar-refractivity contribution < 1.29 is 18.3 Å². The molecule has 6 nitrogen and oxygen atoms in total. The van der Waals surface area contributed by atoms with E-state index in [1.54, 1.807) is 6.92 Å². The third kappa shape index (κ3) is 2.97. The molecule has 1 heterocycles. The third-order valence-corrected chi connectivity index (χ3v) is 5.16. The van der Waals surface area contributed by atoms with Crippen molar-refractivity contribution in [2.75, 3.05) is 6.54 Å². The van der Waals surface area contributed by atoms with Gasteiger partial charge in [0.05, 0.1) is 5.92 Å². The lowest BCUT2D eigenvalue weighted by molar-refractivity contribution is -0.143. The first-order chi connectivity index (χ1) is 7.90. The maximum absolute atomic E-state index is 12.0. The van der Waals surface area contributed by atoms with E-state index >= 15 is 0 Å². The number of nitrogens with zero attached hydrogens (tertiary/aromatic N) is 1. The second-order valence-corrected chi connectivity index (χ2v) is 6.57. The molecule has 0 radical (unpaired) electrons. The molecule has 0 spiro atoms. The van der Waals surface area contributed by atoms with Crippen LogP contribution in [0.25, 0.3) is 0 Å². The number of hydrogen-bond donors (Lipinski definition) is 2. The van der Waals surface area contributed by atoms with Gasteiger partial charge in [-0.1, -0.05) is 0 Å². The molecule has 7 heteroatoms. The summed E-state index contributed by atoms with van der Waals surface area (Å²) in [5, 5.41) is 8.92. The number of carbonyl (C=O) groups is 1. The Kier molecular flexibility index (Phi) is 3.42. The Morgan fingerprint density at radius 1 is 1.35 bits per heavy atom. The highest BCUT2D eigenvalue weighted by molar-refractivity contribution is 7.87. The summed E-state index contributed by atoms with van der Waals surface area (Å²) in [6.07, 6.45) is 2.59. The van der Waals surface area contributed by atoms with Gasteiger partial charge in [0, 0.05) is 18.6 Å². The van der Waals surface area contributed by atoms with E-state index in [1.165, 1.54) is 4.31 Å². The van der Waals surface area contributed by atoms with Crippen LogP contribution in [0.2, 0.25) is 0 Å². The Morgan fingerprint density at radius 2 is 2.00 bits per heavy atom. The van der Waals surface area contributed by atoms with Gasteiger partial charge in [-0.25, -0.2) is 0 Å². The molecule has 1 aliphatic heterocycles. The van der Waals surface area contributed by atoms with Gasteiger partial charge in [0.2, 0.25) is 0 Å². The first-order valence-corrected chi connectivity index (χ1v) is 7.36. The van der Waals surface area contributed by atoms with Crippen molar-refractivity contribution in [3.63, 3.8) is 0 Å². The summed E-state index contributed by atoms with van der Waals surface area (Å²) in [5.74, 6) is -1.25. The van der Waals surface area contributed by atoms with E-state index in [1.807, 2.05) is 0 Å². The number of aliphatic carboxylic acids is 1. The Morgan fingerprint density at radius 3 is 2.47 bits per heavy atom.